The Kier molecular flexibility index (Phi) is 5.45. The molecule has 0 N–H and O–H groups in total. The highest BCUT2D eigenvalue weighted by Crippen LogP contribution is 2.47. The van der Waals surface area contributed by atoms with Crippen LogP contribution in [0.4, 0.5) is 0 Å². The van der Waals surface area contributed by atoms with Crippen molar-refractivity contribution in [2.24, 2.45) is 0 Å². The van der Waals surface area contributed by atoms with Gasteiger partial charge in [-0.15, -0.1) is 11.3 Å². The Hall–Kier alpha value is -5.84. The van der Waals surface area contributed by atoms with Gasteiger partial charge in [0.25, 0.3) is 0 Å². The molecule has 0 unspecified atom stereocenters. The van der Waals surface area contributed by atoms with Crippen molar-refractivity contribution in [3.05, 3.63) is 152 Å². The van der Waals surface area contributed by atoms with Gasteiger partial charge in [-0.1, -0.05) is 115 Å². The summed E-state index contributed by atoms with van der Waals surface area (Å²) in [4.78, 5) is 10.2. The molecule has 3 nitrogen and oxygen atoms in total. The van der Waals surface area contributed by atoms with E-state index in [1.807, 2.05) is 41.7 Å². The third kappa shape index (κ3) is 3.65. The molecule has 4 heteroatoms. The van der Waals surface area contributed by atoms with Crippen LogP contribution in [0.3, 0.4) is 0 Å². The van der Waals surface area contributed by atoms with Gasteiger partial charge in [-0.05, 0) is 47.2 Å². The molecular weight excluding hydrogens is 579 g/mol. The molecule has 0 aliphatic rings. The number of hydrogen-bond donors (Lipinski definition) is 0. The largest absolute Gasteiger partial charge is 0.308 e. The molecule has 214 valence electrons. The highest BCUT2D eigenvalue weighted by molar-refractivity contribution is 7.27. The normalized spacial score (nSPS) is 11.9. The summed E-state index contributed by atoms with van der Waals surface area (Å²) in [5, 5.41) is 7.83. The van der Waals surface area contributed by atoms with Crippen molar-refractivity contribution < 1.29 is 0 Å². The summed E-state index contributed by atoms with van der Waals surface area (Å²) in [5.41, 5.74) is 9.25. The van der Waals surface area contributed by atoms with E-state index in [0.717, 1.165) is 39.2 Å². The second-order valence-corrected chi connectivity index (χ2v) is 12.8. The molecule has 0 radical (unpaired) electrons. The van der Waals surface area contributed by atoms with Gasteiger partial charge in [0.2, 0.25) is 0 Å². The molecule has 0 amide bonds. The van der Waals surface area contributed by atoms with Gasteiger partial charge in [0, 0.05) is 43.1 Å². The van der Waals surface area contributed by atoms with Crippen LogP contribution >= 0.6 is 11.3 Å². The summed E-state index contributed by atoms with van der Waals surface area (Å²) >= 11 is 1.89. The van der Waals surface area contributed by atoms with Crippen molar-refractivity contribution in [3.8, 4) is 28.2 Å². The molecule has 10 rings (SSSR count). The molecule has 0 spiro atoms. The van der Waals surface area contributed by atoms with Gasteiger partial charge < -0.3 is 4.57 Å². The number of hydrogen-bond acceptors (Lipinski definition) is 3. The first-order chi connectivity index (χ1) is 22.8. The molecule has 3 heterocycles. The number of benzene rings is 7. The van der Waals surface area contributed by atoms with Crippen LogP contribution < -0.4 is 0 Å². The maximum Gasteiger partial charge on any atom is 0.0973 e. The van der Waals surface area contributed by atoms with Crippen LogP contribution in [0.25, 0.3) is 92.0 Å². The zero-order valence-electron chi connectivity index (χ0n) is 24.7. The van der Waals surface area contributed by atoms with E-state index in [4.69, 9.17) is 9.97 Å². The van der Waals surface area contributed by atoms with Crippen molar-refractivity contribution in [2.75, 3.05) is 0 Å². The van der Waals surface area contributed by atoms with Crippen LogP contribution in [-0.4, -0.2) is 14.5 Å². The number of nitrogens with zero attached hydrogens (tertiary/aromatic N) is 3. The summed E-state index contributed by atoms with van der Waals surface area (Å²) in [6.45, 7) is 0. The smallest absolute Gasteiger partial charge is 0.0973 e. The quantitative estimate of drug-likeness (QED) is 0.201. The maximum atomic E-state index is 5.15. The Balaban J connectivity index is 1.26. The average molecular weight is 604 g/mol. The van der Waals surface area contributed by atoms with Crippen molar-refractivity contribution in [3.63, 3.8) is 0 Å². The lowest BCUT2D eigenvalue weighted by Crippen LogP contribution is -1.97. The second-order valence-electron chi connectivity index (χ2n) is 11.7. The Morgan fingerprint density at radius 3 is 1.70 bits per heavy atom. The summed E-state index contributed by atoms with van der Waals surface area (Å²) in [6, 6.07) is 53.9. The SMILES string of the molecule is c1ccc(-c2nc3ccccc3nc2-c2ccc(-n3c4ccccc4c4c5ccccc5c5c6ccccc6sc5c43)cc2)cc1. The lowest BCUT2D eigenvalue weighted by molar-refractivity contribution is 1.19. The van der Waals surface area contributed by atoms with E-state index in [0.29, 0.717) is 0 Å². The zero-order valence-corrected chi connectivity index (χ0v) is 25.5. The summed E-state index contributed by atoms with van der Waals surface area (Å²) < 4.78 is 5.09. The fourth-order valence-corrected chi connectivity index (χ4v) is 8.42. The van der Waals surface area contributed by atoms with E-state index in [-0.39, 0.29) is 0 Å². The predicted octanol–water partition coefficient (Wildman–Crippen LogP) is 11.6. The molecule has 0 aliphatic heterocycles. The van der Waals surface area contributed by atoms with Crippen molar-refractivity contribution in [1.82, 2.24) is 14.5 Å². The Bertz CT molecular complexity index is 2790. The van der Waals surface area contributed by atoms with E-state index in [1.54, 1.807) is 0 Å². The van der Waals surface area contributed by atoms with E-state index < -0.39 is 0 Å². The minimum absolute atomic E-state index is 0.886. The lowest BCUT2D eigenvalue weighted by atomic mass is 9.99. The number of para-hydroxylation sites is 3. The van der Waals surface area contributed by atoms with E-state index in [1.165, 1.54) is 52.8 Å². The molecule has 7 aromatic carbocycles. The highest BCUT2D eigenvalue weighted by atomic mass is 32.1. The van der Waals surface area contributed by atoms with Crippen LogP contribution in [0.5, 0.6) is 0 Å². The van der Waals surface area contributed by atoms with Crippen molar-refractivity contribution >= 4 is 75.1 Å². The minimum Gasteiger partial charge on any atom is -0.308 e. The van der Waals surface area contributed by atoms with Gasteiger partial charge in [-0.3, -0.25) is 0 Å². The summed E-state index contributed by atoms with van der Waals surface area (Å²) in [6.07, 6.45) is 0. The zero-order chi connectivity index (χ0) is 30.2. The van der Waals surface area contributed by atoms with Crippen LogP contribution in [-0.2, 0) is 0 Å². The molecule has 0 saturated heterocycles. The molecule has 0 bridgehead atoms. The second kappa shape index (κ2) is 9.83. The van der Waals surface area contributed by atoms with Gasteiger partial charge in [0.15, 0.2) is 0 Å². The molecule has 46 heavy (non-hydrogen) atoms. The van der Waals surface area contributed by atoms with Crippen LogP contribution in [0.1, 0.15) is 0 Å². The van der Waals surface area contributed by atoms with Gasteiger partial charge in [0.05, 0.1) is 38.2 Å². The minimum atomic E-state index is 0.886. The third-order valence-corrected chi connectivity index (χ3v) is 10.3. The Morgan fingerprint density at radius 1 is 0.435 bits per heavy atom. The van der Waals surface area contributed by atoms with E-state index in [2.05, 4.69) is 126 Å². The van der Waals surface area contributed by atoms with E-state index in [9.17, 15) is 0 Å². The fourth-order valence-electron chi connectivity index (χ4n) is 7.16. The summed E-state index contributed by atoms with van der Waals surface area (Å²) in [5.74, 6) is 0. The molecule has 0 saturated carbocycles. The average Bonchev–Trinajstić information content (AvgIpc) is 3.69. The van der Waals surface area contributed by atoms with Gasteiger partial charge >= 0.3 is 0 Å². The summed E-state index contributed by atoms with van der Waals surface area (Å²) in [7, 11) is 0. The first-order valence-corrected chi connectivity index (χ1v) is 16.3. The molecule has 3 aromatic heterocycles. The van der Waals surface area contributed by atoms with E-state index >= 15 is 0 Å². The highest BCUT2D eigenvalue weighted by Gasteiger charge is 2.22. The van der Waals surface area contributed by atoms with Crippen LogP contribution in [0.2, 0.25) is 0 Å². The number of fused-ring (bicyclic) bond motifs is 11. The van der Waals surface area contributed by atoms with Gasteiger partial charge in [0.1, 0.15) is 0 Å². The van der Waals surface area contributed by atoms with Crippen LogP contribution in [0.15, 0.2) is 152 Å². The molecule has 10 aromatic rings. The first-order valence-electron chi connectivity index (χ1n) is 15.5. The third-order valence-electron chi connectivity index (χ3n) is 9.17. The van der Waals surface area contributed by atoms with Gasteiger partial charge in [-0.25, -0.2) is 9.97 Å². The standard InChI is InChI=1S/C42H25N3S/c1-2-12-26(13-3-1)39-40(44-34-19-9-8-18-33(34)43-39)27-22-24-28(25-23-27)45-35-20-10-6-16-31(35)37-29-14-4-5-15-30(29)38-32-17-7-11-21-36(32)46-42(38)41(37)45/h1-25H. The monoisotopic (exact) mass is 603 g/mol. The Morgan fingerprint density at radius 2 is 0.978 bits per heavy atom. The van der Waals surface area contributed by atoms with Gasteiger partial charge in [-0.2, -0.15) is 0 Å². The first kappa shape index (κ1) is 25.5. The van der Waals surface area contributed by atoms with Crippen molar-refractivity contribution in [2.45, 2.75) is 0 Å². The number of aromatic nitrogens is 3. The molecular formula is C42H25N3S. The number of thiophene rings is 1. The topological polar surface area (TPSA) is 30.7 Å². The van der Waals surface area contributed by atoms with Crippen molar-refractivity contribution in [1.29, 1.82) is 0 Å². The Labute approximate surface area is 268 Å². The predicted molar refractivity (Wildman–Crippen MR) is 195 cm³/mol. The van der Waals surface area contributed by atoms with Crippen LogP contribution in [0, 0.1) is 0 Å². The molecule has 0 fully saturated rings. The number of rotatable bonds is 3. The molecule has 0 atom stereocenters. The lowest BCUT2D eigenvalue weighted by Gasteiger charge is -2.13. The fraction of sp³-hybridized carbons (Fsp3) is 0. The maximum absolute atomic E-state index is 5.15. The molecule has 0 aliphatic carbocycles.